The Kier molecular flexibility index (Phi) is 4.99. The summed E-state index contributed by atoms with van der Waals surface area (Å²) in [5, 5.41) is 0.649. The van der Waals surface area contributed by atoms with Gasteiger partial charge in [0.05, 0.1) is 5.75 Å². The lowest BCUT2D eigenvalue weighted by molar-refractivity contribution is -0.131. The van der Waals surface area contributed by atoms with E-state index in [0.717, 1.165) is 24.3 Å². The highest BCUT2D eigenvalue weighted by Crippen LogP contribution is 2.29. The summed E-state index contributed by atoms with van der Waals surface area (Å²) in [6.07, 6.45) is 3.44. The molecular formula is C14H19ClN2OS. The number of nitrogen functional groups attached to an aromatic ring is 1. The fourth-order valence-electron chi connectivity index (χ4n) is 2.32. The maximum absolute atomic E-state index is 12.2. The minimum Gasteiger partial charge on any atom is -0.398 e. The zero-order valence-electron chi connectivity index (χ0n) is 11.1. The predicted molar refractivity (Wildman–Crippen MR) is 81.6 cm³/mol. The second kappa shape index (κ2) is 6.53. The van der Waals surface area contributed by atoms with E-state index in [1.165, 1.54) is 18.2 Å². The number of anilines is 1. The van der Waals surface area contributed by atoms with E-state index in [9.17, 15) is 4.79 Å². The van der Waals surface area contributed by atoms with Crippen LogP contribution in [0.15, 0.2) is 23.1 Å². The zero-order chi connectivity index (χ0) is 13.8. The maximum atomic E-state index is 12.2. The molecule has 0 saturated carbocycles. The molecule has 1 heterocycles. The molecule has 19 heavy (non-hydrogen) atoms. The van der Waals surface area contributed by atoms with Gasteiger partial charge < -0.3 is 10.6 Å². The second-order valence-electron chi connectivity index (χ2n) is 4.90. The highest BCUT2D eigenvalue weighted by atomic mass is 35.5. The van der Waals surface area contributed by atoms with Crippen molar-refractivity contribution in [3.05, 3.63) is 23.2 Å². The number of nitrogens with zero attached hydrogens (tertiary/aromatic N) is 1. The number of hydrogen-bond donors (Lipinski definition) is 1. The first-order chi connectivity index (χ1) is 9.08. The minimum atomic E-state index is 0.191. The summed E-state index contributed by atoms with van der Waals surface area (Å²) in [7, 11) is 0. The number of benzene rings is 1. The van der Waals surface area contributed by atoms with Crippen molar-refractivity contribution in [2.45, 2.75) is 37.1 Å². The summed E-state index contributed by atoms with van der Waals surface area (Å²) in [5.74, 6) is 0.617. The summed E-state index contributed by atoms with van der Waals surface area (Å²) in [6, 6.07) is 5.71. The number of halogens is 1. The van der Waals surface area contributed by atoms with Gasteiger partial charge in [-0.05, 0) is 44.4 Å². The lowest BCUT2D eigenvalue weighted by Gasteiger charge is -2.33. The topological polar surface area (TPSA) is 46.3 Å². The third kappa shape index (κ3) is 3.80. The highest BCUT2D eigenvalue weighted by molar-refractivity contribution is 8.00. The number of piperidine rings is 1. The van der Waals surface area contributed by atoms with Crippen molar-refractivity contribution in [2.75, 3.05) is 18.0 Å². The van der Waals surface area contributed by atoms with E-state index in [1.807, 2.05) is 11.0 Å². The number of rotatable bonds is 3. The average molecular weight is 299 g/mol. The van der Waals surface area contributed by atoms with Gasteiger partial charge in [-0.15, -0.1) is 11.8 Å². The van der Waals surface area contributed by atoms with Gasteiger partial charge in [0.1, 0.15) is 0 Å². The van der Waals surface area contributed by atoms with Crippen LogP contribution in [0.25, 0.3) is 0 Å². The number of amides is 1. The maximum Gasteiger partial charge on any atom is 0.233 e. The van der Waals surface area contributed by atoms with Gasteiger partial charge in [-0.25, -0.2) is 0 Å². The molecule has 0 spiro atoms. The van der Waals surface area contributed by atoms with Crippen LogP contribution in [0.2, 0.25) is 5.02 Å². The van der Waals surface area contributed by atoms with Crippen LogP contribution in [0.4, 0.5) is 5.69 Å². The molecule has 0 aliphatic carbocycles. The van der Waals surface area contributed by atoms with Gasteiger partial charge in [-0.2, -0.15) is 0 Å². The lowest BCUT2D eigenvalue weighted by Crippen LogP contribution is -2.42. The number of thioether (sulfide) groups is 1. The van der Waals surface area contributed by atoms with Gasteiger partial charge >= 0.3 is 0 Å². The van der Waals surface area contributed by atoms with E-state index >= 15 is 0 Å². The van der Waals surface area contributed by atoms with Gasteiger partial charge in [0, 0.05) is 28.2 Å². The molecule has 2 N–H and O–H groups in total. The summed E-state index contributed by atoms with van der Waals surface area (Å²) >= 11 is 7.40. The van der Waals surface area contributed by atoms with Crippen molar-refractivity contribution in [3.63, 3.8) is 0 Å². The van der Waals surface area contributed by atoms with Crippen molar-refractivity contribution < 1.29 is 4.79 Å². The average Bonchev–Trinajstić information content (AvgIpc) is 2.40. The molecule has 1 saturated heterocycles. The Balaban J connectivity index is 1.94. The first-order valence-corrected chi connectivity index (χ1v) is 7.91. The van der Waals surface area contributed by atoms with Crippen LogP contribution in [-0.2, 0) is 4.79 Å². The highest BCUT2D eigenvalue weighted by Gasteiger charge is 2.23. The molecular weight excluding hydrogens is 280 g/mol. The SMILES string of the molecule is CC1CCCCN1C(=O)CSc1cc(Cl)ccc1N. The smallest absolute Gasteiger partial charge is 0.233 e. The van der Waals surface area contributed by atoms with Crippen LogP contribution in [0.1, 0.15) is 26.2 Å². The molecule has 0 aromatic heterocycles. The summed E-state index contributed by atoms with van der Waals surface area (Å²) in [6.45, 7) is 3.00. The molecule has 1 amide bonds. The van der Waals surface area contributed by atoms with Crippen LogP contribution in [-0.4, -0.2) is 29.1 Å². The van der Waals surface area contributed by atoms with Gasteiger partial charge in [0.25, 0.3) is 0 Å². The van der Waals surface area contributed by atoms with Crippen molar-refractivity contribution in [1.29, 1.82) is 0 Å². The third-order valence-corrected chi connectivity index (χ3v) is 4.74. The lowest BCUT2D eigenvalue weighted by atomic mass is 10.0. The van der Waals surface area contributed by atoms with Crippen LogP contribution < -0.4 is 5.73 Å². The summed E-state index contributed by atoms with van der Waals surface area (Å²) in [4.78, 5) is 15.1. The molecule has 3 nitrogen and oxygen atoms in total. The number of hydrogen-bond acceptors (Lipinski definition) is 3. The van der Waals surface area contributed by atoms with Crippen molar-refractivity contribution in [3.8, 4) is 0 Å². The monoisotopic (exact) mass is 298 g/mol. The Bertz CT molecular complexity index is 467. The van der Waals surface area contributed by atoms with E-state index in [2.05, 4.69) is 6.92 Å². The Morgan fingerprint density at radius 1 is 1.53 bits per heavy atom. The molecule has 104 valence electrons. The molecule has 1 unspecified atom stereocenters. The molecule has 2 rings (SSSR count). The molecule has 1 aliphatic rings. The van der Waals surface area contributed by atoms with E-state index in [4.69, 9.17) is 17.3 Å². The normalized spacial score (nSPS) is 19.5. The molecule has 1 fully saturated rings. The van der Waals surface area contributed by atoms with Crippen molar-refractivity contribution in [1.82, 2.24) is 4.90 Å². The van der Waals surface area contributed by atoms with E-state index in [-0.39, 0.29) is 5.91 Å². The Labute approximate surface area is 123 Å². The molecule has 1 atom stereocenters. The van der Waals surface area contributed by atoms with Gasteiger partial charge in [0.2, 0.25) is 5.91 Å². The Hall–Kier alpha value is -0.870. The quantitative estimate of drug-likeness (QED) is 0.687. The predicted octanol–water partition coefficient (Wildman–Crippen LogP) is 3.42. The number of carbonyl (C=O) groups is 1. The largest absolute Gasteiger partial charge is 0.398 e. The zero-order valence-corrected chi connectivity index (χ0v) is 12.6. The fourth-order valence-corrected chi connectivity index (χ4v) is 3.45. The van der Waals surface area contributed by atoms with Gasteiger partial charge in [0.15, 0.2) is 0 Å². The molecule has 0 bridgehead atoms. The Morgan fingerprint density at radius 3 is 3.05 bits per heavy atom. The van der Waals surface area contributed by atoms with Crippen LogP contribution in [0.3, 0.4) is 0 Å². The van der Waals surface area contributed by atoms with Crippen LogP contribution in [0.5, 0.6) is 0 Å². The van der Waals surface area contributed by atoms with Crippen LogP contribution >= 0.6 is 23.4 Å². The molecule has 0 radical (unpaired) electrons. The van der Waals surface area contributed by atoms with Gasteiger partial charge in [-0.3, -0.25) is 4.79 Å². The second-order valence-corrected chi connectivity index (χ2v) is 6.36. The van der Waals surface area contributed by atoms with Crippen LogP contribution in [0, 0.1) is 0 Å². The first-order valence-electron chi connectivity index (χ1n) is 6.55. The van der Waals surface area contributed by atoms with E-state index < -0.39 is 0 Å². The van der Waals surface area contributed by atoms with Gasteiger partial charge in [-0.1, -0.05) is 11.6 Å². The number of likely N-dealkylation sites (tertiary alicyclic amines) is 1. The number of nitrogens with two attached hydrogens (primary N) is 1. The standard InChI is InChI=1S/C14H19ClN2OS/c1-10-4-2-3-7-17(10)14(18)9-19-13-8-11(15)5-6-12(13)16/h5-6,8,10H,2-4,7,9,16H2,1H3. The minimum absolute atomic E-state index is 0.191. The molecule has 1 aromatic rings. The first kappa shape index (κ1) is 14.5. The third-order valence-electron chi connectivity index (χ3n) is 3.45. The van der Waals surface area contributed by atoms with E-state index in [0.29, 0.717) is 22.5 Å². The summed E-state index contributed by atoms with van der Waals surface area (Å²) in [5.41, 5.74) is 6.55. The number of carbonyl (C=O) groups excluding carboxylic acids is 1. The fraction of sp³-hybridized carbons (Fsp3) is 0.500. The summed E-state index contributed by atoms with van der Waals surface area (Å²) < 4.78 is 0. The molecule has 5 heteroatoms. The molecule has 1 aromatic carbocycles. The van der Waals surface area contributed by atoms with Crippen molar-refractivity contribution >= 4 is 35.0 Å². The van der Waals surface area contributed by atoms with Crippen molar-refractivity contribution in [2.24, 2.45) is 0 Å². The molecule has 1 aliphatic heterocycles. The Morgan fingerprint density at radius 2 is 2.32 bits per heavy atom. The van der Waals surface area contributed by atoms with E-state index in [1.54, 1.807) is 12.1 Å².